The average Bonchev–Trinajstić information content (AvgIpc) is 2.75. The van der Waals surface area contributed by atoms with Crippen molar-refractivity contribution < 1.29 is 38.5 Å². The van der Waals surface area contributed by atoms with Gasteiger partial charge < -0.3 is 19.3 Å². The van der Waals surface area contributed by atoms with E-state index in [1.807, 2.05) is 5.32 Å². The first-order chi connectivity index (χ1) is 15.0. The van der Waals surface area contributed by atoms with Crippen molar-refractivity contribution in [1.82, 2.24) is 10.2 Å². The lowest BCUT2D eigenvalue weighted by Crippen LogP contribution is -2.48. The Kier molecular flexibility index (Phi) is 12.7. The van der Waals surface area contributed by atoms with Gasteiger partial charge in [0.05, 0.1) is 33.0 Å². The number of rotatable bonds is 16. The van der Waals surface area contributed by atoms with Crippen LogP contribution in [0.3, 0.4) is 0 Å². The number of nitrogens with one attached hydrogen (secondary N) is 1. The molecule has 10 heteroatoms. The zero-order valence-corrected chi connectivity index (χ0v) is 17.9. The van der Waals surface area contributed by atoms with Gasteiger partial charge in [-0.05, 0) is 37.1 Å². The van der Waals surface area contributed by atoms with Crippen LogP contribution in [0, 0.1) is 6.92 Å². The molecule has 0 saturated heterocycles. The summed E-state index contributed by atoms with van der Waals surface area (Å²) in [6.07, 6.45) is 1.30. The van der Waals surface area contributed by atoms with E-state index in [-0.39, 0.29) is 38.2 Å². The molecule has 0 spiro atoms. The Hall–Kier alpha value is -2.82. The summed E-state index contributed by atoms with van der Waals surface area (Å²) in [6, 6.07) is 3.69. The van der Waals surface area contributed by atoms with E-state index in [9.17, 15) is 19.2 Å². The molecule has 1 aromatic rings. The molecule has 0 aliphatic carbocycles. The van der Waals surface area contributed by atoms with E-state index in [2.05, 4.69) is 0 Å². The fourth-order valence-electron chi connectivity index (χ4n) is 2.80. The molecular weight excluding hydrogens is 408 g/mol. The fraction of sp³-hybridized carbons (Fsp3) is 0.524. The van der Waals surface area contributed by atoms with Crippen LogP contribution in [-0.2, 0) is 23.9 Å². The summed E-state index contributed by atoms with van der Waals surface area (Å²) in [4.78, 5) is 48.0. The van der Waals surface area contributed by atoms with E-state index < -0.39 is 17.9 Å². The Morgan fingerprint density at radius 3 is 2.39 bits per heavy atom. The molecule has 31 heavy (non-hydrogen) atoms. The maximum Gasteiger partial charge on any atom is 0.261 e. The summed E-state index contributed by atoms with van der Waals surface area (Å²) < 4.78 is 16.0. The van der Waals surface area contributed by atoms with Gasteiger partial charge in [0.25, 0.3) is 5.91 Å². The highest BCUT2D eigenvalue weighted by molar-refractivity contribution is 6.05. The lowest BCUT2D eigenvalue weighted by Gasteiger charge is -2.25. The third kappa shape index (κ3) is 8.83. The molecule has 0 fully saturated rings. The molecule has 1 rings (SSSR count). The molecule has 1 unspecified atom stereocenters. The zero-order valence-electron chi connectivity index (χ0n) is 17.9. The second-order valence-electron chi connectivity index (χ2n) is 6.52. The van der Waals surface area contributed by atoms with Crippen LogP contribution in [0.1, 0.15) is 35.7 Å². The molecule has 0 aliphatic rings. The van der Waals surface area contributed by atoms with Gasteiger partial charge in [0, 0.05) is 5.56 Å². The van der Waals surface area contributed by atoms with Crippen LogP contribution in [0.5, 0.6) is 5.75 Å². The van der Waals surface area contributed by atoms with Crippen molar-refractivity contribution in [3.63, 3.8) is 0 Å². The highest BCUT2D eigenvalue weighted by atomic mass is 16.5. The highest BCUT2D eigenvalue weighted by Gasteiger charge is 2.30. The second kappa shape index (κ2) is 15.1. The number of aliphatic hydroxyl groups excluding tert-OH is 1. The Bertz CT molecular complexity index is 725. The number of carbonyl (C=O) groups is 4. The van der Waals surface area contributed by atoms with Crippen molar-refractivity contribution in [1.29, 1.82) is 0 Å². The average molecular weight is 438 g/mol. The SMILES string of the molecule is CCCC(C(=O)NC=O)N(C=O)C(=O)c1ccc(OCCOCCOCCO)cc1C. The molecule has 2 N–H and O–H groups in total. The Labute approximate surface area is 181 Å². The molecule has 4 amide bonds. The van der Waals surface area contributed by atoms with Gasteiger partial charge in [0.1, 0.15) is 18.4 Å². The standard InChI is InChI=1S/C21H30N2O8/c1-3-4-19(20(27)22-14-25)23(15-26)21(28)18-6-5-17(13-16(18)2)31-12-11-30-10-9-29-8-7-24/h5-6,13-15,19,24H,3-4,7-12H2,1-2H3,(H,22,25,27). The lowest BCUT2D eigenvalue weighted by molar-refractivity contribution is -0.133. The summed E-state index contributed by atoms with van der Waals surface area (Å²) in [7, 11) is 0. The Balaban J connectivity index is 2.71. The van der Waals surface area contributed by atoms with Gasteiger partial charge in [-0.2, -0.15) is 0 Å². The van der Waals surface area contributed by atoms with Crippen molar-refractivity contribution in [2.24, 2.45) is 0 Å². The molecular formula is C21H30N2O8. The Morgan fingerprint density at radius 2 is 1.81 bits per heavy atom. The first-order valence-corrected chi connectivity index (χ1v) is 10.0. The fourth-order valence-corrected chi connectivity index (χ4v) is 2.80. The van der Waals surface area contributed by atoms with Crippen molar-refractivity contribution in [3.8, 4) is 5.75 Å². The number of hydrogen-bond acceptors (Lipinski definition) is 8. The first kappa shape index (κ1) is 26.2. The van der Waals surface area contributed by atoms with Gasteiger partial charge in [-0.15, -0.1) is 0 Å². The molecule has 1 atom stereocenters. The number of ether oxygens (including phenoxy) is 3. The summed E-state index contributed by atoms with van der Waals surface area (Å²) in [5.41, 5.74) is 0.815. The molecule has 10 nitrogen and oxygen atoms in total. The number of benzene rings is 1. The van der Waals surface area contributed by atoms with Gasteiger partial charge in [0.2, 0.25) is 18.7 Å². The number of aryl methyl sites for hydroxylation is 1. The number of amides is 4. The minimum absolute atomic E-state index is 0.0310. The van der Waals surface area contributed by atoms with Gasteiger partial charge in [-0.1, -0.05) is 13.3 Å². The molecule has 172 valence electrons. The van der Waals surface area contributed by atoms with Crippen molar-refractivity contribution in [3.05, 3.63) is 29.3 Å². The monoisotopic (exact) mass is 438 g/mol. The maximum absolute atomic E-state index is 12.9. The minimum atomic E-state index is -1.07. The minimum Gasteiger partial charge on any atom is -0.491 e. The van der Waals surface area contributed by atoms with Crippen molar-refractivity contribution in [2.75, 3.05) is 39.6 Å². The molecule has 0 aliphatic heterocycles. The third-order valence-corrected chi connectivity index (χ3v) is 4.28. The van der Waals surface area contributed by atoms with Crippen molar-refractivity contribution >= 4 is 24.6 Å². The van der Waals surface area contributed by atoms with E-state index >= 15 is 0 Å². The first-order valence-electron chi connectivity index (χ1n) is 10.0. The topological polar surface area (TPSA) is 131 Å². The smallest absolute Gasteiger partial charge is 0.261 e. The number of aliphatic hydroxyl groups is 1. The normalized spacial score (nSPS) is 11.5. The molecule has 1 aromatic carbocycles. The molecule has 0 bridgehead atoms. The van der Waals surface area contributed by atoms with E-state index in [0.29, 0.717) is 44.0 Å². The number of nitrogens with zero attached hydrogens (tertiary/aromatic N) is 1. The van der Waals surface area contributed by atoms with Gasteiger partial charge in [0.15, 0.2) is 0 Å². The van der Waals surface area contributed by atoms with Gasteiger partial charge in [-0.25, -0.2) is 0 Å². The van der Waals surface area contributed by atoms with Crippen LogP contribution < -0.4 is 10.1 Å². The highest BCUT2D eigenvalue weighted by Crippen LogP contribution is 2.20. The van der Waals surface area contributed by atoms with Crippen LogP contribution >= 0.6 is 0 Å². The quantitative estimate of drug-likeness (QED) is 0.281. The van der Waals surface area contributed by atoms with Crippen molar-refractivity contribution in [2.45, 2.75) is 32.7 Å². The van der Waals surface area contributed by atoms with Gasteiger partial charge >= 0.3 is 0 Å². The Morgan fingerprint density at radius 1 is 1.13 bits per heavy atom. The zero-order chi connectivity index (χ0) is 23.1. The van der Waals surface area contributed by atoms with Crippen LogP contribution in [0.25, 0.3) is 0 Å². The predicted octanol–water partition coefficient (Wildman–Crippen LogP) is 0.439. The van der Waals surface area contributed by atoms with E-state index in [1.165, 1.54) is 6.07 Å². The van der Waals surface area contributed by atoms with E-state index in [1.54, 1.807) is 26.0 Å². The van der Waals surface area contributed by atoms with Crippen LogP contribution in [0.15, 0.2) is 18.2 Å². The van der Waals surface area contributed by atoms with Crippen LogP contribution in [-0.4, -0.2) is 80.3 Å². The van der Waals surface area contributed by atoms with Crippen LogP contribution in [0.2, 0.25) is 0 Å². The predicted molar refractivity (Wildman–Crippen MR) is 111 cm³/mol. The molecule has 0 aromatic heterocycles. The second-order valence-corrected chi connectivity index (χ2v) is 6.52. The molecule has 0 radical (unpaired) electrons. The lowest BCUT2D eigenvalue weighted by atomic mass is 10.0. The van der Waals surface area contributed by atoms with Gasteiger partial charge in [-0.3, -0.25) is 29.4 Å². The number of carbonyl (C=O) groups excluding carboxylic acids is 4. The van der Waals surface area contributed by atoms with E-state index in [0.717, 1.165) is 4.90 Å². The summed E-state index contributed by atoms with van der Waals surface area (Å²) >= 11 is 0. The third-order valence-electron chi connectivity index (χ3n) is 4.28. The largest absolute Gasteiger partial charge is 0.491 e. The molecule has 0 heterocycles. The summed E-state index contributed by atoms with van der Waals surface area (Å²) in [5, 5.41) is 10.6. The van der Waals surface area contributed by atoms with Crippen LogP contribution in [0.4, 0.5) is 0 Å². The summed E-state index contributed by atoms with van der Waals surface area (Å²) in [6.45, 7) is 5.13. The number of hydrogen-bond donors (Lipinski definition) is 2. The summed E-state index contributed by atoms with van der Waals surface area (Å²) in [5.74, 6) is -0.822. The molecule has 0 saturated carbocycles. The maximum atomic E-state index is 12.9. The number of imide groups is 2. The van der Waals surface area contributed by atoms with E-state index in [4.69, 9.17) is 19.3 Å².